The summed E-state index contributed by atoms with van der Waals surface area (Å²) in [5.74, 6) is -1.30. The van der Waals surface area contributed by atoms with Crippen LogP contribution in [0.15, 0.2) is 12.4 Å². The number of carboxylic acids is 1. The molecular weight excluding hydrogens is 204 g/mol. The normalized spacial score (nSPS) is 12.4. The summed E-state index contributed by atoms with van der Waals surface area (Å²) in [6, 6.07) is 1.82. The Bertz CT molecular complexity index is 353. The first-order valence-corrected chi connectivity index (χ1v) is 5.72. The predicted molar refractivity (Wildman–Crippen MR) is 61.3 cm³/mol. The molecule has 1 atom stereocenters. The van der Waals surface area contributed by atoms with Gasteiger partial charge in [0.25, 0.3) is 0 Å². The van der Waals surface area contributed by atoms with Crippen LogP contribution in [-0.4, -0.2) is 21.0 Å². The molecule has 4 heteroatoms. The third-order valence-corrected chi connectivity index (χ3v) is 2.48. The number of carboxylic acid groups (broad SMARTS) is 1. The van der Waals surface area contributed by atoms with Gasteiger partial charge < -0.3 is 5.11 Å². The van der Waals surface area contributed by atoms with Crippen molar-refractivity contribution >= 4 is 5.97 Å². The maximum Gasteiger partial charge on any atom is 0.312 e. The van der Waals surface area contributed by atoms with Gasteiger partial charge in [-0.3, -0.25) is 4.79 Å². The summed E-state index contributed by atoms with van der Waals surface area (Å²) in [4.78, 5) is 19.3. The molecule has 0 aliphatic carbocycles. The topological polar surface area (TPSA) is 63.1 Å². The quantitative estimate of drug-likeness (QED) is 0.802. The van der Waals surface area contributed by atoms with Crippen LogP contribution >= 0.6 is 0 Å². The summed E-state index contributed by atoms with van der Waals surface area (Å²) in [5, 5.41) is 9.12. The Hall–Kier alpha value is -1.45. The van der Waals surface area contributed by atoms with Crippen molar-refractivity contribution in [2.75, 3.05) is 0 Å². The smallest absolute Gasteiger partial charge is 0.312 e. The third-order valence-electron chi connectivity index (χ3n) is 2.48. The number of hydrogen-bond donors (Lipinski definition) is 1. The van der Waals surface area contributed by atoms with Crippen molar-refractivity contribution in [1.29, 1.82) is 0 Å². The molecule has 0 fully saturated rings. The molecular formula is C12H18N2O2. The van der Waals surface area contributed by atoms with Crippen molar-refractivity contribution in [2.24, 2.45) is 0 Å². The zero-order valence-electron chi connectivity index (χ0n) is 9.81. The van der Waals surface area contributed by atoms with E-state index < -0.39 is 11.9 Å². The number of carbonyl (C=O) groups is 1. The average molecular weight is 222 g/mol. The van der Waals surface area contributed by atoms with Crippen LogP contribution in [0.4, 0.5) is 0 Å². The van der Waals surface area contributed by atoms with E-state index in [0.717, 1.165) is 25.0 Å². The van der Waals surface area contributed by atoms with Gasteiger partial charge in [0.1, 0.15) is 6.33 Å². The number of rotatable bonds is 6. The maximum absolute atomic E-state index is 11.1. The van der Waals surface area contributed by atoms with Crippen molar-refractivity contribution in [3.63, 3.8) is 0 Å². The Morgan fingerprint density at radius 1 is 1.38 bits per heavy atom. The second-order valence-electron chi connectivity index (χ2n) is 3.86. The van der Waals surface area contributed by atoms with E-state index in [-0.39, 0.29) is 0 Å². The van der Waals surface area contributed by atoms with Gasteiger partial charge in [-0.05, 0) is 18.9 Å². The molecule has 1 aromatic heterocycles. The number of aryl methyl sites for hydroxylation is 1. The molecule has 1 rings (SSSR count). The molecule has 0 aliphatic heterocycles. The van der Waals surface area contributed by atoms with Crippen LogP contribution in [-0.2, 0) is 11.2 Å². The highest BCUT2D eigenvalue weighted by Gasteiger charge is 2.20. The molecule has 1 heterocycles. The number of aliphatic carboxylic acids is 1. The second-order valence-corrected chi connectivity index (χ2v) is 3.86. The fourth-order valence-corrected chi connectivity index (χ4v) is 1.68. The molecule has 0 bridgehead atoms. The largest absolute Gasteiger partial charge is 0.481 e. The van der Waals surface area contributed by atoms with Crippen LogP contribution < -0.4 is 0 Å². The summed E-state index contributed by atoms with van der Waals surface area (Å²) in [6.45, 7) is 4.05. The monoisotopic (exact) mass is 222 g/mol. The molecule has 0 aliphatic rings. The van der Waals surface area contributed by atoms with Gasteiger partial charge in [-0.15, -0.1) is 0 Å². The Balaban J connectivity index is 2.90. The van der Waals surface area contributed by atoms with Crippen LogP contribution in [0.2, 0.25) is 0 Å². The highest BCUT2D eigenvalue weighted by Crippen LogP contribution is 2.20. The lowest BCUT2D eigenvalue weighted by atomic mass is 9.99. The SMILES string of the molecule is CCCc1cc(C(CCC)C(=O)O)ncn1. The first-order valence-electron chi connectivity index (χ1n) is 5.72. The number of aromatic nitrogens is 2. The van der Waals surface area contributed by atoms with Gasteiger partial charge in [-0.2, -0.15) is 0 Å². The molecule has 1 aromatic rings. The maximum atomic E-state index is 11.1. The summed E-state index contributed by atoms with van der Waals surface area (Å²) in [7, 11) is 0. The average Bonchev–Trinajstić information content (AvgIpc) is 2.26. The van der Waals surface area contributed by atoms with Gasteiger partial charge in [0.15, 0.2) is 0 Å². The van der Waals surface area contributed by atoms with Gasteiger partial charge in [0.05, 0.1) is 11.6 Å². The van der Waals surface area contributed by atoms with Crippen molar-refractivity contribution in [3.05, 3.63) is 23.8 Å². The standard InChI is InChI=1S/C12H18N2O2/c1-3-5-9-7-11(14-8-13-9)10(6-4-2)12(15)16/h7-8,10H,3-6H2,1-2H3,(H,15,16). The van der Waals surface area contributed by atoms with E-state index in [1.165, 1.54) is 6.33 Å². The molecule has 88 valence electrons. The number of nitrogens with zero attached hydrogens (tertiary/aromatic N) is 2. The molecule has 0 radical (unpaired) electrons. The zero-order valence-corrected chi connectivity index (χ0v) is 9.81. The molecule has 0 aromatic carbocycles. The van der Waals surface area contributed by atoms with Crippen molar-refractivity contribution < 1.29 is 9.90 Å². The first kappa shape index (κ1) is 12.6. The Morgan fingerprint density at radius 2 is 2.12 bits per heavy atom. The third kappa shape index (κ3) is 3.29. The minimum Gasteiger partial charge on any atom is -0.481 e. The molecule has 1 N–H and O–H groups in total. The lowest BCUT2D eigenvalue weighted by molar-refractivity contribution is -0.139. The van der Waals surface area contributed by atoms with Crippen LogP contribution in [0.1, 0.15) is 50.4 Å². The molecule has 16 heavy (non-hydrogen) atoms. The lowest BCUT2D eigenvalue weighted by Crippen LogP contribution is -2.13. The molecule has 4 nitrogen and oxygen atoms in total. The second kappa shape index (κ2) is 6.20. The summed E-state index contributed by atoms with van der Waals surface area (Å²) in [6.07, 6.45) is 4.80. The Kier molecular flexibility index (Phi) is 4.89. The van der Waals surface area contributed by atoms with Crippen LogP contribution in [0.25, 0.3) is 0 Å². The molecule has 0 amide bonds. The molecule has 0 saturated carbocycles. The Morgan fingerprint density at radius 3 is 2.69 bits per heavy atom. The first-order chi connectivity index (χ1) is 7.69. The lowest BCUT2D eigenvalue weighted by Gasteiger charge is -2.10. The van der Waals surface area contributed by atoms with E-state index in [4.69, 9.17) is 5.11 Å². The summed E-state index contributed by atoms with van der Waals surface area (Å²) in [5.41, 5.74) is 1.56. The van der Waals surface area contributed by atoms with E-state index in [1.54, 1.807) is 0 Å². The van der Waals surface area contributed by atoms with Crippen molar-refractivity contribution in [1.82, 2.24) is 9.97 Å². The van der Waals surface area contributed by atoms with Gasteiger partial charge in [-0.1, -0.05) is 26.7 Å². The molecule has 1 unspecified atom stereocenters. The van der Waals surface area contributed by atoms with Crippen LogP contribution in [0, 0.1) is 0 Å². The fourth-order valence-electron chi connectivity index (χ4n) is 1.68. The van der Waals surface area contributed by atoms with E-state index in [2.05, 4.69) is 16.9 Å². The minimum absolute atomic E-state index is 0.497. The summed E-state index contributed by atoms with van der Waals surface area (Å²) < 4.78 is 0. The van der Waals surface area contributed by atoms with Crippen LogP contribution in [0.3, 0.4) is 0 Å². The number of hydrogen-bond acceptors (Lipinski definition) is 3. The van der Waals surface area contributed by atoms with Crippen molar-refractivity contribution in [2.45, 2.75) is 45.4 Å². The van der Waals surface area contributed by atoms with Gasteiger partial charge in [-0.25, -0.2) is 9.97 Å². The summed E-state index contributed by atoms with van der Waals surface area (Å²) >= 11 is 0. The minimum atomic E-state index is -0.803. The molecule has 0 saturated heterocycles. The van der Waals surface area contributed by atoms with E-state index in [0.29, 0.717) is 12.1 Å². The highest BCUT2D eigenvalue weighted by molar-refractivity contribution is 5.75. The van der Waals surface area contributed by atoms with Crippen LogP contribution in [0.5, 0.6) is 0 Å². The van der Waals surface area contributed by atoms with E-state index in [1.807, 2.05) is 13.0 Å². The predicted octanol–water partition coefficient (Wildman–Crippen LogP) is 2.40. The zero-order chi connectivity index (χ0) is 12.0. The molecule has 0 spiro atoms. The van der Waals surface area contributed by atoms with E-state index >= 15 is 0 Å². The van der Waals surface area contributed by atoms with Gasteiger partial charge >= 0.3 is 5.97 Å². The van der Waals surface area contributed by atoms with Gasteiger partial charge in [0.2, 0.25) is 0 Å². The van der Waals surface area contributed by atoms with E-state index in [9.17, 15) is 4.79 Å². The Labute approximate surface area is 95.7 Å². The van der Waals surface area contributed by atoms with Gasteiger partial charge in [0, 0.05) is 5.69 Å². The fraction of sp³-hybridized carbons (Fsp3) is 0.583. The van der Waals surface area contributed by atoms with Crippen molar-refractivity contribution in [3.8, 4) is 0 Å². The highest BCUT2D eigenvalue weighted by atomic mass is 16.4.